The molecular formula is C16H22Cl2N3O2+. The van der Waals surface area contributed by atoms with Gasteiger partial charge in [0.05, 0.1) is 17.1 Å². The van der Waals surface area contributed by atoms with E-state index < -0.39 is 6.03 Å². The largest absolute Gasteiger partial charge is 0.335 e. The van der Waals surface area contributed by atoms with E-state index in [-0.39, 0.29) is 18.5 Å². The van der Waals surface area contributed by atoms with E-state index in [4.69, 9.17) is 23.2 Å². The zero-order chi connectivity index (χ0) is 16.8. The summed E-state index contributed by atoms with van der Waals surface area (Å²) in [4.78, 5) is 24.6. The van der Waals surface area contributed by atoms with Crippen LogP contribution < -0.4 is 15.5 Å². The molecular weight excluding hydrogens is 337 g/mol. The predicted octanol–water partition coefficient (Wildman–Crippen LogP) is 1.78. The first kappa shape index (κ1) is 18.0. The van der Waals surface area contributed by atoms with Gasteiger partial charge in [-0.1, -0.05) is 48.2 Å². The molecule has 1 unspecified atom stereocenters. The molecule has 23 heavy (non-hydrogen) atoms. The van der Waals surface area contributed by atoms with E-state index in [1.54, 1.807) is 6.07 Å². The van der Waals surface area contributed by atoms with Crippen molar-refractivity contribution >= 4 is 35.1 Å². The van der Waals surface area contributed by atoms with Gasteiger partial charge in [0.25, 0.3) is 5.91 Å². The second-order valence-corrected chi connectivity index (χ2v) is 6.81. The minimum atomic E-state index is -0.407. The molecule has 1 aliphatic rings. The van der Waals surface area contributed by atoms with Crippen molar-refractivity contribution in [1.82, 2.24) is 10.6 Å². The topological polar surface area (TPSA) is 62.6 Å². The van der Waals surface area contributed by atoms with Gasteiger partial charge in [-0.15, -0.1) is 0 Å². The van der Waals surface area contributed by atoms with Gasteiger partial charge in [0.2, 0.25) is 0 Å². The summed E-state index contributed by atoms with van der Waals surface area (Å²) in [6.45, 7) is 0.734. The monoisotopic (exact) mass is 358 g/mol. The third-order valence-corrected chi connectivity index (χ3v) is 4.79. The highest BCUT2D eigenvalue weighted by molar-refractivity contribution is 6.42. The average Bonchev–Trinajstić information content (AvgIpc) is 2.96. The molecule has 1 aromatic rings. The Morgan fingerprint density at radius 2 is 1.96 bits per heavy atom. The number of hydrogen-bond acceptors (Lipinski definition) is 2. The number of rotatable bonds is 5. The molecule has 126 valence electrons. The summed E-state index contributed by atoms with van der Waals surface area (Å²) < 4.78 is 0. The van der Waals surface area contributed by atoms with Crippen LogP contribution in [0.2, 0.25) is 10.0 Å². The van der Waals surface area contributed by atoms with Gasteiger partial charge in [0, 0.05) is 11.6 Å². The van der Waals surface area contributed by atoms with Crippen molar-refractivity contribution in [3.05, 3.63) is 33.8 Å². The number of likely N-dealkylation sites (N-methyl/N-ethyl adjacent to an activating group) is 1. The van der Waals surface area contributed by atoms with Gasteiger partial charge in [-0.25, -0.2) is 4.79 Å². The maximum absolute atomic E-state index is 11.9. The molecule has 2 rings (SSSR count). The Balaban J connectivity index is 1.77. The lowest BCUT2D eigenvalue weighted by atomic mass is 10.2. The minimum absolute atomic E-state index is 0.181. The molecule has 0 aliphatic heterocycles. The number of urea groups is 1. The second kappa shape index (κ2) is 8.52. The smallest absolute Gasteiger partial charge is 0.321 e. The highest BCUT2D eigenvalue weighted by Gasteiger charge is 2.19. The number of benzene rings is 1. The molecule has 0 spiro atoms. The third kappa shape index (κ3) is 5.68. The van der Waals surface area contributed by atoms with E-state index in [0.717, 1.165) is 36.1 Å². The van der Waals surface area contributed by atoms with Crippen LogP contribution in [-0.4, -0.2) is 31.6 Å². The number of nitrogens with one attached hydrogen (secondary N) is 3. The Bertz CT molecular complexity index is 574. The fourth-order valence-electron chi connectivity index (χ4n) is 2.81. The predicted molar refractivity (Wildman–Crippen MR) is 90.9 cm³/mol. The molecule has 7 heteroatoms. The molecule has 0 heterocycles. The summed E-state index contributed by atoms with van der Waals surface area (Å²) in [5, 5.41) is 6.22. The number of halogens is 2. The number of amides is 3. The van der Waals surface area contributed by atoms with E-state index in [1.165, 1.54) is 0 Å². The Morgan fingerprint density at radius 1 is 1.26 bits per heavy atom. The number of carbonyl (C=O) groups is 2. The van der Waals surface area contributed by atoms with E-state index in [1.807, 2.05) is 19.2 Å². The summed E-state index contributed by atoms with van der Waals surface area (Å²) in [5.41, 5.74) is 0.875. The molecule has 3 amide bonds. The summed E-state index contributed by atoms with van der Waals surface area (Å²) >= 11 is 12.1. The summed E-state index contributed by atoms with van der Waals surface area (Å²) in [7, 11) is 1.87. The summed E-state index contributed by atoms with van der Waals surface area (Å²) in [6, 6.07) is 5.21. The molecule has 1 aromatic carbocycles. The van der Waals surface area contributed by atoms with Gasteiger partial charge >= 0.3 is 6.03 Å². The molecule has 1 aliphatic carbocycles. The number of hydrogen-bond donors (Lipinski definition) is 3. The van der Waals surface area contributed by atoms with E-state index in [0.29, 0.717) is 16.6 Å². The van der Waals surface area contributed by atoms with Crippen molar-refractivity contribution in [1.29, 1.82) is 0 Å². The molecule has 0 saturated heterocycles. The normalized spacial score (nSPS) is 16.1. The van der Waals surface area contributed by atoms with Gasteiger partial charge in [0.15, 0.2) is 6.54 Å². The summed E-state index contributed by atoms with van der Waals surface area (Å²) in [6.07, 6.45) is 4.23. The van der Waals surface area contributed by atoms with Crippen molar-refractivity contribution in [3.63, 3.8) is 0 Å². The van der Waals surface area contributed by atoms with Crippen molar-refractivity contribution in [2.45, 2.75) is 38.3 Å². The van der Waals surface area contributed by atoms with Crippen LogP contribution in [0.4, 0.5) is 4.79 Å². The molecule has 1 saturated carbocycles. The molecule has 1 fully saturated rings. The fraction of sp³-hybridized carbons (Fsp3) is 0.500. The van der Waals surface area contributed by atoms with Crippen LogP contribution >= 0.6 is 23.2 Å². The highest BCUT2D eigenvalue weighted by atomic mass is 35.5. The fourth-order valence-corrected chi connectivity index (χ4v) is 3.20. The van der Waals surface area contributed by atoms with Crippen LogP contribution in [-0.2, 0) is 11.3 Å². The molecule has 0 aromatic heterocycles. The van der Waals surface area contributed by atoms with Gasteiger partial charge in [0.1, 0.15) is 6.54 Å². The Hall–Kier alpha value is -1.30. The Kier molecular flexibility index (Phi) is 6.69. The quantitative estimate of drug-likeness (QED) is 0.751. The van der Waals surface area contributed by atoms with Gasteiger partial charge < -0.3 is 10.2 Å². The SMILES string of the molecule is C[NH+](CC(=O)NC(=O)NC1CCCC1)Cc1cccc(Cl)c1Cl. The first-order chi connectivity index (χ1) is 11.0. The first-order valence-corrected chi connectivity index (χ1v) is 8.56. The van der Waals surface area contributed by atoms with Crippen LogP contribution in [0.15, 0.2) is 18.2 Å². The molecule has 1 atom stereocenters. The van der Waals surface area contributed by atoms with E-state index >= 15 is 0 Å². The number of imide groups is 1. The zero-order valence-corrected chi connectivity index (χ0v) is 14.6. The van der Waals surface area contributed by atoms with Crippen LogP contribution in [0.3, 0.4) is 0 Å². The molecule has 0 radical (unpaired) electrons. The van der Waals surface area contributed by atoms with Crippen molar-refractivity contribution in [3.8, 4) is 0 Å². The van der Waals surface area contributed by atoms with Crippen molar-refractivity contribution in [2.75, 3.05) is 13.6 Å². The summed E-state index contributed by atoms with van der Waals surface area (Å²) in [5.74, 6) is -0.309. The Labute approximate surface area is 146 Å². The third-order valence-electron chi connectivity index (χ3n) is 3.93. The van der Waals surface area contributed by atoms with Crippen molar-refractivity contribution < 1.29 is 14.5 Å². The second-order valence-electron chi connectivity index (χ2n) is 6.03. The Morgan fingerprint density at radius 3 is 2.65 bits per heavy atom. The van der Waals surface area contributed by atoms with Crippen LogP contribution in [0, 0.1) is 0 Å². The van der Waals surface area contributed by atoms with Gasteiger partial charge in [-0.2, -0.15) is 0 Å². The van der Waals surface area contributed by atoms with Crippen LogP contribution in [0.1, 0.15) is 31.2 Å². The lowest BCUT2D eigenvalue weighted by molar-refractivity contribution is -0.885. The average molecular weight is 359 g/mol. The standard InChI is InChI=1S/C16H21Cl2N3O2/c1-21(9-11-5-4-8-13(17)15(11)18)10-14(22)20-16(23)19-12-6-2-3-7-12/h4-5,8,12H,2-3,6-7,9-10H2,1H3,(H2,19,20,22,23)/p+1. The maximum Gasteiger partial charge on any atom is 0.321 e. The molecule has 3 N–H and O–H groups in total. The van der Waals surface area contributed by atoms with E-state index in [9.17, 15) is 9.59 Å². The maximum atomic E-state index is 11.9. The number of quaternary nitrogens is 1. The van der Waals surface area contributed by atoms with Crippen LogP contribution in [0.25, 0.3) is 0 Å². The van der Waals surface area contributed by atoms with Gasteiger partial charge in [-0.05, 0) is 18.9 Å². The molecule has 5 nitrogen and oxygen atoms in total. The highest BCUT2D eigenvalue weighted by Crippen LogP contribution is 2.24. The lowest BCUT2D eigenvalue weighted by Crippen LogP contribution is -3.09. The van der Waals surface area contributed by atoms with Gasteiger partial charge in [-0.3, -0.25) is 10.1 Å². The number of carbonyl (C=O) groups excluding carboxylic acids is 2. The lowest BCUT2D eigenvalue weighted by Gasteiger charge is -2.16. The van der Waals surface area contributed by atoms with E-state index in [2.05, 4.69) is 10.6 Å². The van der Waals surface area contributed by atoms with Crippen LogP contribution in [0.5, 0.6) is 0 Å². The zero-order valence-electron chi connectivity index (χ0n) is 13.1. The molecule has 0 bridgehead atoms. The minimum Gasteiger partial charge on any atom is -0.335 e. The first-order valence-electron chi connectivity index (χ1n) is 7.80. The van der Waals surface area contributed by atoms with Crippen molar-refractivity contribution in [2.24, 2.45) is 0 Å².